The Balaban J connectivity index is 2.09. The predicted molar refractivity (Wildman–Crippen MR) is 75.4 cm³/mol. The molecule has 0 aromatic heterocycles. The van der Waals surface area contributed by atoms with Gasteiger partial charge in [-0.3, -0.25) is 0 Å². The molecule has 0 unspecified atom stereocenters. The van der Waals surface area contributed by atoms with Gasteiger partial charge in [0, 0.05) is 11.5 Å². The van der Waals surface area contributed by atoms with Crippen molar-refractivity contribution < 1.29 is 39.4 Å². The Bertz CT molecular complexity index is 366. The number of aliphatic hydroxyl groups is 4. The first-order chi connectivity index (χ1) is 11.1. The Kier molecular flexibility index (Phi) is 10.0. The van der Waals surface area contributed by atoms with Crippen molar-refractivity contribution in [3.63, 3.8) is 0 Å². The monoisotopic (exact) mass is 337 g/mol. The minimum absolute atomic E-state index is 0.0847. The van der Waals surface area contributed by atoms with E-state index in [0.717, 1.165) is 0 Å². The molecule has 0 aliphatic carbocycles. The fraction of sp³-hybridized carbons (Fsp3) is 1.00. The molecule has 1 saturated heterocycles. The zero-order chi connectivity index (χ0) is 17.1. The first-order valence-electron chi connectivity index (χ1n) is 7.20. The zero-order valence-corrected chi connectivity index (χ0v) is 12.6. The molecule has 4 N–H and O–H groups in total. The van der Waals surface area contributed by atoms with Crippen LogP contribution in [-0.4, -0.2) is 97.3 Å². The molecule has 11 nitrogen and oxygen atoms in total. The summed E-state index contributed by atoms with van der Waals surface area (Å²) in [5.74, 6) is 0. The molecule has 1 fully saturated rings. The molecule has 134 valence electrons. The minimum atomic E-state index is -1.46. The van der Waals surface area contributed by atoms with Crippen LogP contribution >= 0.6 is 0 Å². The Morgan fingerprint density at radius 3 is 2.26 bits per heavy atom. The number of hydrogen-bond acceptors (Lipinski definition) is 9. The third-order valence-electron chi connectivity index (χ3n) is 3.13. The van der Waals surface area contributed by atoms with E-state index in [2.05, 4.69) is 10.0 Å². The minimum Gasteiger partial charge on any atom is -0.394 e. The van der Waals surface area contributed by atoms with Crippen molar-refractivity contribution in [3.8, 4) is 0 Å². The van der Waals surface area contributed by atoms with Crippen LogP contribution < -0.4 is 0 Å². The standard InChI is InChI=1S/C12H23N3O8/c13-15-14-1-2-20-3-4-21-5-6-22-12-11(19)10(18)9(17)8(7-16)23-12/h8-12,16-19H,1-7H2/t8-,9+,10-,11-,12-/m1/s1. The predicted octanol–water partition coefficient (Wildman–Crippen LogP) is -1.85. The number of aliphatic hydroxyl groups excluding tert-OH is 4. The molecule has 23 heavy (non-hydrogen) atoms. The van der Waals surface area contributed by atoms with Gasteiger partial charge in [-0.15, -0.1) is 0 Å². The molecule has 1 aliphatic rings. The van der Waals surface area contributed by atoms with Gasteiger partial charge in [0.2, 0.25) is 0 Å². The molecule has 0 aromatic carbocycles. The first-order valence-corrected chi connectivity index (χ1v) is 7.20. The summed E-state index contributed by atoms with van der Waals surface area (Å²) in [7, 11) is 0. The van der Waals surface area contributed by atoms with Crippen molar-refractivity contribution >= 4 is 0 Å². The molecule has 0 amide bonds. The van der Waals surface area contributed by atoms with Crippen molar-refractivity contribution in [3.05, 3.63) is 10.4 Å². The maximum atomic E-state index is 9.73. The Hall–Kier alpha value is -1.01. The summed E-state index contributed by atoms with van der Waals surface area (Å²) in [5, 5.41) is 41.2. The van der Waals surface area contributed by atoms with Crippen LogP contribution in [0.4, 0.5) is 0 Å². The van der Waals surface area contributed by atoms with Crippen molar-refractivity contribution in [2.45, 2.75) is 30.7 Å². The lowest BCUT2D eigenvalue weighted by Gasteiger charge is -2.39. The zero-order valence-electron chi connectivity index (χ0n) is 12.6. The maximum Gasteiger partial charge on any atom is 0.186 e. The molecule has 1 rings (SSSR count). The second-order valence-electron chi connectivity index (χ2n) is 4.75. The normalized spacial score (nSPS) is 30.9. The Morgan fingerprint density at radius 1 is 0.957 bits per heavy atom. The molecule has 0 bridgehead atoms. The molecule has 0 saturated carbocycles. The van der Waals surface area contributed by atoms with Gasteiger partial charge in [-0.05, 0) is 5.53 Å². The van der Waals surface area contributed by atoms with Crippen LogP contribution in [0.1, 0.15) is 0 Å². The smallest absolute Gasteiger partial charge is 0.186 e. The number of azide groups is 1. The Labute approximate surface area is 133 Å². The van der Waals surface area contributed by atoms with E-state index in [1.807, 2.05) is 0 Å². The van der Waals surface area contributed by atoms with Crippen LogP contribution in [0, 0.1) is 0 Å². The maximum absolute atomic E-state index is 9.73. The van der Waals surface area contributed by atoms with Crippen LogP contribution in [0.15, 0.2) is 5.11 Å². The van der Waals surface area contributed by atoms with E-state index in [-0.39, 0.29) is 19.8 Å². The molecule has 11 heteroatoms. The van der Waals surface area contributed by atoms with Gasteiger partial charge in [0.05, 0.1) is 39.6 Å². The van der Waals surface area contributed by atoms with Crippen LogP contribution in [0.3, 0.4) is 0 Å². The fourth-order valence-corrected chi connectivity index (χ4v) is 1.90. The van der Waals surface area contributed by atoms with Crippen LogP contribution in [0.25, 0.3) is 10.4 Å². The van der Waals surface area contributed by atoms with Crippen molar-refractivity contribution in [1.82, 2.24) is 0 Å². The largest absolute Gasteiger partial charge is 0.394 e. The van der Waals surface area contributed by atoms with E-state index in [1.165, 1.54) is 0 Å². The molecular formula is C12H23N3O8. The molecule has 0 spiro atoms. The second kappa shape index (κ2) is 11.5. The highest BCUT2D eigenvalue weighted by atomic mass is 16.7. The van der Waals surface area contributed by atoms with Crippen LogP contribution in [-0.2, 0) is 18.9 Å². The lowest BCUT2D eigenvalue weighted by molar-refractivity contribution is -0.302. The third kappa shape index (κ3) is 6.96. The number of rotatable bonds is 11. The SMILES string of the molecule is [N-]=[N+]=NCCOCCOCCO[C@@H]1O[C@H](CO)[C@H](O)[C@@H](O)[C@H]1O. The lowest BCUT2D eigenvalue weighted by Crippen LogP contribution is -2.59. The molecule has 0 radical (unpaired) electrons. The fourth-order valence-electron chi connectivity index (χ4n) is 1.90. The van der Waals surface area contributed by atoms with E-state index < -0.39 is 37.3 Å². The topological polar surface area (TPSA) is 167 Å². The number of hydrogen-bond donors (Lipinski definition) is 4. The highest BCUT2D eigenvalue weighted by molar-refractivity contribution is 4.88. The van der Waals surface area contributed by atoms with Gasteiger partial charge in [-0.1, -0.05) is 5.11 Å². The molecule has 0 aromatic rings. The lowest BCUT2D eigenvalue weighted by atomic mass is 9.99. The van der Waals surface area contributed by atoms with Crippen molar-refractivity contribution in [2.24, 2.45) is 5.11 Å². The molecule has 1 heterocycles. The molecule has 1 aliphatic heterocycles. The average Bonchev–Trinajstić information content (AvgIpc) is 2.56. The second-order valence-corrected chi connectivity index (χ2v) is 4.75. The summed E-state index contributed by atoms with van der Waals surface area (Å²) >= 11 is 0. The summed E-state index contributed by atoms with van der Waals surface area (Å²) in [6, 6.07) is 0. The quantitative estimate of drug-likeness (QED) is 0.147. The van der Waals surface area contributed by atoms with E-state index in [1.54, 1.807) is 0 Å². The Morgan fingerprint density at radius 2 is 1.61 bits per heavy atom. The van der Waals surface area contributed by atoms with Crippen molar-refractivity contribution in [1.29, 1.82) is 0 Å². The average molecular weight is 337 g/mol. The summed E-state index contributed by atoms with van der Waals surface area (Å²) in [6.45, 7) is 1.01. The summed E-state index contributed by atoms with van der Waals surface area (Å²) in [5.41, 5.74) is 8.05. The van der Waals surface area contributed by atoms with Gasteiger partial charge in [-0.25, -0.2) is 0 Å². The van der Waals surface area contributed by atoms with E-state index in [9.17, 15) is 15.3 Å². The number of nitrogens with zero attached hydrogens (tertiary/aromatic N) is 3. The molecular weight excluding hydrogens is 314 g/mol. The third-order valence-corrected chi connectivity index (χ3v) is 3.13. The first kappa shape index (κ1) is 20.0. The van der Waals surface area contributed by atoms with Gasteiger partial charge in [0.15, 0.2) is 6.29 Å². The van der Waals surface area contributed by atoms with E-state index in [4.69, 9.17) is 29.6 Å². The van der Waals surface area contributed by atoms with Gasteiger partial charge < -0.3 is 39.4 Å². The summed E-state index contributed by atoms with van der Waals surface area (Å²) < 4.78 is 20.7. The highest BCUT2D eigenvalue weighted by Gasteiger charge is 2.43. The van der Waals surface area contributed by atoms with Crippen LogP contribution in [0.5, 0.6) is 0 Å². The van der Waals surface area contributed by atoms with Gasteiger partial charge in [0.1, 0.15) is 24.4 Å². The van der Waals surface area contributed by atoms with Gasteiger partial charge >= 0.3 is 0 Å². The van der Waals surface area contributed by atoms with E-state index in [0.29, 0.717) is 19.8 Å². The highest BCUT2D eigenvalue weighted by Crippen LogP contribution is 2.21. The summed E-state index contributed by atoms with van der Waals surface area (Å²) in [4.78, 5) is 2.58. The van der Waals surface area contributed by atoms with Gasteiger partial charge in [0.25, 0.3) is 0 Å². The van der Waals surface area contributed by atoms with Gasteiger partial charge in [-0.2, -0.15) is 0 Å². The van der Waals surface area contributed by atoms with Crippen molar-refractivity contribution in [2.75, 3.05) is 46.2 Å². The van der Waals surface area contributed by atoms with Crippen LogP contribution in [0.2, 0.25) is 0 Å². The number of ether oxygens (including phenoxy) is 4. The van der Waals surface area contributed by atoms with E-state index >= 15 is 0 Å². The summed E-state index contributed by atoms with van der Waals surface area (Å²) in [6.07, 6.45) is -6.44. The molecule has 5 atom stereocenters.